The second-order valence-electron chi connectivity index (χ2n) is 7.39. The Morgan fingerprint density at radius 3 is 2.06 bits per heavy atom. The molecule has 0 unspecified atom stereocenters. The summed E-state index contributed by atoms with van der Waals surface area (Å²) in [5, 5.41) is 2.76. The number of carbonyl (C=O) groups is 2. The summed E-state index contributed by atoms with van der Waals surface area (Å²) in [7, 11) is 5.73. The molecule has 1 amide bonds. The van der Waals surface area contributed by atoms with Crippen LogP contribution in [0.15, 0.2) is 54.6 Å². The van der Waals surface area contributed by atoms with E-state index in [0.29, 0.717) is 46.5 Å². The highest BCUT2D eigenvalue weighted by molar-refractivity contribution is 6.08. The number of benzene rings is 3. The summed E-state index contributed by atoms with van der Waals surface area (Å²) in [4.78, 5) is 25.5. The minimum atomic E-state index is -0.635. The van der Waals surface area contributed by atoms with E-state index in [4.69, 9.17) is 28.4 Å². The molecule has 3 aromatic carbocycles. The zero-order valence-electron chi connectivity index (χ0n) is 20.9. The summed E-state index contributed by atoms with van der Waals surface area (Å²) in [6.07, 6.45) is 0. The van der Waals surface area contributed by atoms with Crippen LogP contribution >= 0.6 is 0 Å². The van der Waals surface area contributed by atoms with Crippen molar-refractivity contribution in [2.45, 2.75) is 13.5 Å². The molecule has 0 aromatic heterocycles. The average Bonchev–Trinajstić information content (AvgIpc) is 2.91. The minimum absolute atomic E-state index is 0.120. The highest BCUT2D eigenvalue weighted by Crippen LogP contribution is 2.34. The maximum Gasteiger partial charge on any atom is 0.340 e. The summed E-state index contributed by atoms with van der Waals surface area (Å²) in [6.45, 7) is 2.46. The fourth-order valence-electron chi connectivity index (χ4n) is 3.48. The number of para-hydroxylation sites is 2. The second kappa shape index (κ2) is 12.3. The number of ether oxygens (including phenoxy) is 6. The standard InChI is InChI=1S/C27H29NO8/c1-6-35-21-12-11-17(13-18(21)16-36-23-10-8-7-9-22(23)31-2)26(29)28-20-15-25(33-4)24(32-3)14-19(20)27(30)34-5/h7-15H,6,16H2,1-5H3,(H,28,29). The van der Waals surface area contributed by atoms with Crippen LogP contribution in [0.4, 0.5) is 5.69 Å². The van der Waals surface area contributed by atoms with Gasteiger partial charge in [-0.2, -0.15) is 0 Å². The number of carbonyl (C=O) groups excluding carboxylic acids is 2. The monoisotopic (exact) mass is 495 g/mol. The predicted octanol–water partition coefficient (Wildman–Crippen LogP) is 4.73. The first kappa shape index (κ1) is 26.2. The van der Waals surface area contributed by atoms with Gasteiger partial charge in [0.05, 0.1) is 46.3 Å². The molecule has 0 saturated carbocycles. The lowest BCUT2D eigenvalue weighted by atomic mass is 10.1. The van der Waals surface area contributed by atoms with Crippen LogP contribution in [0.25, 0.3) is 0 Å². The predicted molar refractivity (Wildman–Crippen MR) is 134 cm³/mol. The molecule has 1 N–H and O–H groups in total. The highest BCUT2D eigenvalue weighted by Gasteiger charge is 2.20. The largest absolute Gasteiger partial charge is 0.493 e. The lowest BCUT2D eigenvalue weighted by Gasteiger charge is -2.16. The Morgan fingerprint density at radius 2 is 1.42 bits per heavy atom. The van der Waals surface area contributed by atoms with E-state index in [1.807, 2.05) is 19.1 Å². The molecule has 0 aliphatic rings. The van der Waals surface area contributed by atoms with Gasteiger partial charge in [0.2, 0.25) is 0 Å². The third kappa shape index (κ3) is 5.99. The van der Waals surface area contributed by atoms with Gasteiger partial charge in [0.15, 0.2) is 23.0 Å². The van der Waals surface area contributed by atoms with Crippen molar-refractivity contribution in [2.75, 3.05) is 40.4 Å². The van der Waals surface area contributed by atoms with Crippen molar-refractivity contribution in [3.8, 4) is 28.7 Å². The number of hydrogen-bond donors (Lipinski definition) is 1. The molecule has 9 nitrogen and oxygen atoms in total. The lowest BCUT2D eigenvalue weighted by molar-refractivity contribution is 0.0601. The Bertz CT molecular complexity index is 1220. The average molecular weight is 496 g/mol. The van der Waals surface area contributed by atoms with Gasteiger partial charge in [-0.05, 0) is 37.3 Å². The van der Waals surface area contributed by atoms with E-state index in [-0.39, 0.29) is 17.9 Å². The van der Waals surface area contributed by atoms with Crippen LogP contribution in [-0.4, -0.2) is 46.9 Å². The number of methoxy groups -OCH3 is 4. The number of hydrogen-bond acceptors (Lipinski definition) is 8. The summed E-state index contributed by atoms with van der Waals surface area (Å²) < 4.78 is 32.4. The zero-order chi connectivity index (χ0) is 26.1. The number of amides is 1. The van der Waals surface area contributed by atoms with E-state index < -0.39 is 11.9 Å². The molecule has 9 heteroatoms. The summed E-state index contributed by atoms with van der Waals surface area (Å²) in [6, 6.07) is 15.2. The van der Waals surface area contributed by atoms with Crippen LogP contribution in [0.3, 0.4) is 0 Å². The molecule has 0 aliphatic carbocycles. The molecular formula is C27H29NO8. The van der Waals surface area contributed by atoms with Gasteiger partial charge >= 0.3 is 5.97 Å². The number of esters is 1. The van der Waals surface area contributed by atoms with Crippen LogP contribution < -0.4 is 29.0 Å². The van der Waals surface area contributed by atoms with Crippen LogP contribution in [0, 0.1) is 0 Å². The van der Waals surface area contributed by atoms with Gasteiger partial charge in [0, 0.05) is 23.3 Å². The van der Waals surface area contributed by atoms with E-state index >= 15 is 0 Å². The molecule has 0 aliphatic heterocycles. The Hall–Kier alpha value is -4.40. The zero-order valence-corrected chi connectivity index (χ0v) is 20.9. The van der Waals surface area contributed by atoms with Gasteiger partial charge in [-0.3, -0.25) is 4.79 Å². The smallest absolute Gasteiger partial charge is 0.340 e. The molecule has 0 saturated heterocycles. The fourth-order valence-corrected chi connectivity index (χ4v) is 3.48. The summed E-state index contributed by atoms with van der Waals surface area (Å²) in [5.41, 5.74) is 1.33. The van der Waals surface area contributed by atoms with Crippen molar-refractivity contribution in [3.63, 3.8) is 0 Å². The van der Waals surface area contributed by atoms with Gasteiger partial charge in [0.25, 0.3) is 5.91 Å². The Kier molecular flexibility index (Phi) is 8.99. The van der Waals surface area contributed by atoms with E-state index in [1.54, 1.807) is 37.4 Å². The normalized spacial score (nSPS) is 10.2. The fraction of sp³-hybridized carbons (Fsp3) is 0.259. The van der Waals surface area contributed by atoms with Gasteiger partial charge in [0.1, 0.15) is 12.4 Å². The van der Waals surface area contributed by atoms with Gasteiger partial charge in [-0.1, -0.05) is 12.1 Å². The number of nitrogens with one attached hydrogen (secondary N) is 1. The first-order chi connectivity index (χ1) is 17.4. The third-order valence-electron chi connectivity index (χ3n) is 5.25. The molecule has 190 valence electrons. The second-order valence-corrected chi connectivity index (χ2v) is 7.39. The Balaban J connectivity index is 1.91. The SMILES string of the molecule is CCOc1ccc(C(=O)Nc2cc(OC)c(OC)cc2C(=O)OC)cc1COc1ccccc1OC. The van der Waals surface area contributed by atoms with Crippen LogP contribution in [-0.2, 0) is 11.3 Å². The Labute approximate surface area is 209 Å². The minimum Gasteiger partial charge on any atom is -0.493 e. The van der Waals surface area contributed by atoms with Crippen LogP contribution in [0.2, 0.25) is 0 Å². The molecule has 3 aromatic rings. The first-order valence-corrected chi connectivity index (χ1v) is 11.1. The summed E-state index contributed by atoms with van der Waals surface area (Å²) >= 11 is 0. The molecule has 0 atom stereocenters. The lowest BCUT2D eigenvalue weighted by Crippen LogP contribution is -2.16. The highest BCUT2D eigenvalue weighted by atomic mass is 16.5. The van der Waals surface area contributed by atoms with Crippen molar-refractivity contribution < 1.29 is 38.0 Å². The van der Waals surface area contributed by atoms with Gasteiger partial charge in [-0.15, -0.1) is 0 Å². The molecule has 0 radical (unpaired) electrons. The van der Waals surface area contributed by atoms with Gasteiger partial charge in [-0.25, -0.2) is 4.79 Å². The van der Waals surface area contributed by atoms with Crippen molar-refractivity contribution in [1.29, 1.82) is 0 Å². The van der Waals surface area contributed by atoms with Crippen LogP contribution in [0.1, 0.15) is 33.2 Å². The Morgan fingerprint density at radius 1 is 0.750 bits per heavy atom. The quantitative estimate of drug-likeness (QED) is 0.381. The number of anilines is 1. The van der Waals surface area contributed by atoms with Crippen molar-refractivity contribution >= 4 is 17.6 Å². The maximum atomic E-state index is 13.2. The van der Waals surface area contributed by atoms with Crippen LogP contribution in [0.5, 0.6) is 28.7 Å². The van der Waals surface area contributed by atoms with E-state index in [9.17, 15) is 9.59 Å². The van der Waals surface area contributed by atoms with E-state index in [2.05, 4.69) is 5.32 Å². The molecule has 0 fully saturated rings. The van der Waals surface area contributed by atoms with E-state index in [1.165, 1.54) is 33.5 Å². The topological polar surface area (TPSA) is 102 Å². The van der Waals surface area contributed by atoms with E-state index in [0.717, 1.165) is 0 Å². The molecule has 36 heavy (non-hydrogen) atoms. The third-order valence-corrected chi connectivity index (χ3v) is 5.25. The van der Waals surface area contributed by atoms with Crippen molar-refractivity contribution in [1.82, 2.24) is 0 Å². The van der Waals surface area contributed by atoms with Gasteiger partial charge < -0.3 is 33.7 Å². The molecule has 0 spiro atoms. The first-order valence-electron chi connectivity index (χ1n) is 11.1. The maximum absolute atomic E-state index is 13.2. The molecular weight excluding hydrogens is 466 g/mol. The van der Waals surface area contributed by atoms with Crippen molar-refractivity contribution in [2.24, 2.45) is 0 Å². The number of rotatable bonds is 11. The molecule has 0 heterocycles. The molecule has 3 rings (SSSR count). The van der Waals surface area contributed by atoms with Crippen molar-refractivity contribution in [3.05, 3.63) is 71.3 Å². The summed E-state index contributed by atoms with van der Waals surface area (Å²) in [5.74, 6) is 1.33. The molecule has 0 bridgehead atoms.